The second-order valence-corrected chi connectivity index (χ2v) is 4.57. The molecule has 0 fully saturated rings. The van der Waals surface area contributed by atoms with Crippen LogP contribution >= 0.6 is 0 Å². The summed E-state index contributed by atoms with van der Waals surface area (Å²) >= 11 is 0. The summed E-state index contributed by atoms with van der Waals surface area (Å²) in [6.07, 6.45) is 7.31. The van der Waals surface area contributed by atoms with Crippen LogP contribution in [0.5, 0.6) is 0 Å². The van der Waals surface area contributed by atoms with Crippen molar-refractivity contribution in [3.05, 3.63) is 47.1 Å². The quantitative estimate of drug-likeness (QED) is 0.493. The topological polar surface area (TPSA) is 63.6 Å². The first-order valence-corrected chi connectivity index (χ1v) is 6.89. The number of carbonyl (C=O) groups excluding carboxylic acids is 2. The van der Waals surface area contributed by atoms with E-state index in [1.54, 1.807) is 32.9 Å². The van der Waals surface area contributed by atoms with Gasteiger partial charge in [-0.1, -0.05) is 19.9 Å². The predicted molar refractivity (Wildman–Crippen MR) is 83.7 cm³/mol. The monoisotopic (exact) mass is 292 g/mol. The Morgan fingerprint density at radius 1 is 1.24 bits per heavy atom. The molecule has 4 nitrogen and oxygen atoms in total. The van der Waals surface area contributed by atoms with Crippen LogP contribution in [0.4, 0.5) is 0 Å². The molecule has 116 valence electrons. The normalized spacial score (nSPS) is 17.7. The number of rotatable bonds is 3. The minimum atomic E-state index is -1.28. The smallest absolute Gasteiger partial charge is 0.330 e. The molecule has 0 aliphatic heterocycles. The number of esters is 1. The third-order valence-electron chi connectivity index (χ3n) is 3.05. The highest BCUT2D eigenvalue weighted by molar-refractivity contribution is 6.02. The molecule has 0 aromatic heterocycles. The van der Waals surface area contributed by atoms with Gasteiger partial charge in [0.2, 0.25) is 0 Å². The third kappa shape index (κ3) is 5.16. The molecule has 1 aliphatic carbocycles. The number of aliphatic hydroxyl groups is 1. The number of allylic oxidation sites excluding steroid dienone is 4. The molecule has 0 bridgehead atoms. The summed E-state index contributed by atoms with van der Waals surface area (Å²) in [7, 11) is 1.30. The van der Waals surface area contributed by atoms with Crippen molar-refractivity contribution in [2.24, 2.45) is 0 Å². The Hall–Kier alpha value is -1.94. The van der Waals surface area contributed by atoms with Gasteiger partial charge in [0.1, 0.15) is 5.60 Å². The van der Waals surface area contributed by atoms with Crippen LogP contribution in [-0.4, -0.2) is 29.6 Å². The lowest BCUT2D eigenvalue weighted by Crippen LogP contribution is -2.32. The lowest BCUT2D eigenvalue weighted by atomic mass is 9.82. The number of ketones is 1. The van der Waals surface area contributed by atoms with E-state index in [2.05, 4.69) is 4.74 Å². The SMILES string of the molecule is CC.COC(=O)/C=C(\C)C=CC1(O)C(C)=CC(=O)C=C1C. The fraction of sp³-hybridized carbons (Fsp3) is 0.412. The van der Waals surface area contributed by atoms with Gasteiger partial charge in [0, 0.05) is 6.08 Å². The van der Waals surface area contributed by atoms with Crippen LogP contribution in [0.15, 0.2) is 47.1 Å². The molecule has 1 rings (SSSR count). The van der Waals surface area contributed by atoms with Gasteiger partial charge in [-0.05, 0) is 55.7 Å². The Labute approximate surface area is 126 Å². The zero-order chi connectivity index (χ0) is 16.6. The van der Waals surface area contributed by atoms with E-state index >= 15 is 0 Å². The predicted octanol–water partition coefficient (Wildman–Crippen LogP) is 2.89. The molecule has 0 aromatic carbocycles. The summed E-state index contributed by atoms with van der Waals surface area (Å²) in [5.41, 5.74) is 0.482. The lowest BCUT2D eigenvalue weighted by Gasteiger charge is -2.29. The van der Waals surface area contributed by atoms with Crippen molar-refractivity contribution < 1.29 is 19.4 Å². The van der Waals surface area contributed by atoms with Crippen molar-refractivity contribution in [1.82, 2.24) is 0 Å². The van der Waals surface area contributed by atoms with Crippen molar-refractivity contribution in [3.8, 4) is 0 Å². The van der Waals surface area contributed by atoms with Gasteiger partial charge in [0.15, 0.2) is 5.78 Å². The number of ether oxygens (including phenoxy) is 1. The maximum absolute atomic E-state index is 11.3. The Bertz CT molecular complexity index is 497. The minimum absolute atomic E-state index is 0.130. The Morgan fingerprint density at radius 2 is 1.71 bits per heavy atom. The Morgan fingerprint density at radius 3 is 2.14 bits per heavy atom. The molecule has 0 heterocycles. The first-order chi connectivity index (χ1) is 9.79. The van der Waals surface area contributed by atoms with Gasteiger partial charge in [0.25, 0.3) is 0 Å². The number of hydrogen-bond donors (Lipinski definition) is 1. The van der Waals surface area contributed by atoms with Crippen molar-refractivity contribution in [1.29, 1.82) is 0 Å². The number of carbonyl (C=O) groups is 2. The van der Waals surface area contributed by atoms with E-state index in [4.69, 9.17) is 0 Å². The summed E-state index contributed by atoms with van der Waals surface area (Å²) in [5.74, 6) is -0.581. The molecule has 0 unspecified atom stereocenters. The molecule has 0 amide bonds. The summed E-state index contributed by atoms with van der Waals surface area (Å²) in [4.78, 5) is 22.4. The molecular weight excluding hydrogens is 268 g/mol. The highest BCUT2D eigenvalue weighted by Crippen LogP contribution is 2.30. The highest BCUT2D eigenvalue weighted by Gasteiger charge is 2.31. The van der Waals surface area contributed by atoms with Crippen molar-refractivity contribution in [3.63, 3.8) is 0 Å². The van der Waals surface area contributed by atoms with Crippen LogP contribution in [0.3, 0.4) is 0 Å². The summed E-state index contributed by atoms with van der Waals surface area (Å²) in [5, 5.41) is 10.5. The van der Waals surface area contributed by atoms with E-state index in [-0.39, 0.29) is 5.78 Å². The fourth-order valence-electron chi connectivity index (χ4n) is 1.81. The van der Waals surface area contributed by atoms with E-state index < -0.39 is 11.6 Å². The molecule has 0 saturated heterocycles. The maximum atomic E-state index is 11.3. The van der Waals surface area contributed by atoms with Crippen LogP contribution in [0.25, 0.3) is 0 Å². The van der Waals surface area contributed by atoms with Gasteiger partial charge in [-0.15, -0.1) is 0 Å². The van der Waals surface area contributed by atoms with Crippen LogP contribution in [-0.2, 0) is 14.3 Å². The fourth-order valence-corrected chi connectivity index (χ4v) is 1.81. The Balaban J connectivity index is 0.00000191. The van der Waals surface area contributed by atoms with E-state index in [0.717, 1.165) is 0 Å². The lowest BCUT2D eigenvalue weighted by molar-refractivity contribution is -0.134. The molecule has 0 spiro atoms. The molecule has 0 aromatic rings. The number of methoxy groups -OCH3 is 1. The Kier molecular flexibility index (Phi) is 7.60. The first kappa shape index (κ1) is 19.1. The largest absolute Gasteiger partial charge is 0.466 e. The maximum Gasteiger partial charge on any atom is 0.330 e. The van der Waals surface area contributed by atoms with E-state index in [9.17, 15) is 14.7 Å². The second kappa shape index (κ2) is 8.37. The van der Waals surface area contributed by atoms with Gasteiger partial charge >= 0.3 is 5.97 Å². The van der Waals surface area contributed by atoms with Crippen LogP contribution in [0.2, 0.25) is 0 Å². The minimum Gasteiger partial charge on any atom is -0.466 e. The van der Waals surface area contributed by atoms with Gasteiger partial charge in [-0.2, -0.15) is 0 Å². The first-order valence-electron chi connectivity index (χ1n) is 6.89. The number of hydrogen-bond acceptors (Lipinski definition) is 4. The van der Waals surface area contributed by atoms with E-state index in [1.165, 1.54) is 25.3 Å². The standard InChI is InChI=1S/C15H18O4.C2H6/c1-10(7-14(17)19-4)5-6-15(18)11(2)8-13(16)9-12(15)3;1-2/h5-9,18H,1-4H3;1-2H3/b6-5?,10-7+;. The molecule has 0 atom stereocenters. The highest BCUT2D eigenvalue weighted by atomic mass is 16.5. The van der Waals surface area contributed by atoms with Crippen molar-refractivity contribution in [2.75, 3.05) is 7.11 Å². The van der Waals surface area contributed by atoms with Crippen molar-refractivity contribution >= 4 is 11.8 Å². The summed E-state index contributed by atoms with van der Waals surface area (Å²) < 4.78 is 4.51. The third-order valence-corrected chi connectivity index (χ3v) is 3.05. The molecule has 1 aliphatic rings. The summed E-state index contributed by atoms with van der Waals surface area (Å²) in [6.45, 7) is 9.11. The van der Waals surface area contributed by atoms with Crippen LogP contribution in [0.1, 0.15) is 34.6 Å². The van der Waals surface area contributed by atoms with Gasteiger partial charge < -0.3 is 9.84 Å². The van der Waals surface area contributed by atoms with Crippen LogP contribution < -0.4 is 0 Å². The van der Waals surface area contributed by atoms with E-state index in [0.29, 0.717) is 16.7 Å². The zero-order valence-corrected chi connectivity index (χ0v) is 13.6. The molecule has 1 N–H and O–H groups in total. The zero-order valence-electron chi connectivity index (χ0n) is 13.6. The molecule has 0 saturated carbocycles. The summed E-state index contributed by atoms with van der Waals surface area (Å²) in [6, 6.07) is 0. The van der Waals surface area contributed by atoms with Crippen molar-refractivity contribution in [2.45, 2.75) is 40.2 Å². The van der Waals surface area contributed by atoms with Gasteiger partial charge in [0.05, 0.1) is 7.11 Å². The molecule has 4 heteroatoms. The average Bonchev–Trinajstić information content (AvgIpc) is 2.44. The van der Waals surface area contributed by atoms with E-state index in [1.807, 2.05) is 13.8 Å². The van der Waals surface area contributed by atoms with Gasteiger partial charge in [-0.25, -0.2) is 4.79 Å². The van der Waals surface area contributed by atoms with Crippen LogP contribution in [0, 0.1) is 0 Å². The van der Waals surface area contributed by atoms with Gasteiger partial charge in [-0.3, -0.25) is 4.79 Å². The molecule has 0 radical (unpaired) electrons. The average molecular weight is 292 g/mol. The molecular formula is C17H24O4. The molecule has 21 heavy (non-hydrogen) atoms. The second-order valence-electron chi connectivity index (χ2n) is 4.57.